The lowest BCUT2D eigenvalue weighted by Crippen LogP contribution is -2.60. The molecule has 0 aliphatic carbocycles. The third kappa shape index (κ3) is 1.95. The SMILES string of the molecule is CC(C)[C@@H]1NC[C@H](CO)NC1=O. The molecule has 4 heteroatoms. The van der Waals surface area contributed by atoms with Gasteiger partial charge in [0, 0.05) is 6.54 Å². The number of piperazine rings is 1. The van der Waals surface area contributed by atoms with Gasteiger partial charge in [0.1, 0.15) is 0 Å². The van der Waals surface area contributed by atoms with Crippen LogP contribution in [0.5, 0.6) is 0 Å². The summed E-state index contributed by atoms with van der Waals surface area (Å²) in [7, 11) is 0. The van der Waals surface area contributed by atoms with E-state index in [0.29, 0.717) is 12.5 Å². The summed E-state index contributed by atoms with van der Waals surface area (Å²) in [6, 6.07) is -0.222. The molecule has 1 rings (SSSR count). The Morgan fingerprint density at radius 3 is 2.75 bits per heavy atom. The monoisotopic (exact) mass is 172 g/mol. The van der Waals surface area contributed by atoms with Crippen LogP contribution in [0.1, 0.15) is 13.8 Å². The van der Waals surface area contributed by atoms with Gasteiger partial charge < -0.3 is 15.7 Å². The summed E-state index contributed by atoms with van der Waals surface area (Å²) < 4.78 is 0. The molecule has 0 aromatic heterocycles. The van der Waals surface area contributed by atoms with Crippen molar-refractivity contribution in [2.45, 2.75) is 25.9 Å². The fraction of sp³-hybridized carbons (Fsp3) is 0.875. The first-order chi connectivity index (χ1) is 5.65. The fourth-order valence-electron chi connectivity index (χ4n) is 1.35. The van der Waals surface area contributed by atoms with E-state index >= 15 is 0 Å². The lowest BCUT2D eigenvalue weighted by Gasteiger charge is -2.31. The van der Waals surface area contributed by atoms with Crippen molar-refractivity contribution in [3.05, 3.63) is 0 Å². The Morgan fingerprint density at radius 2 is 2.33 bits per heavy atom. The minimum atomic E-state index is -0.118. The molecule has 2 atom stereocenters. The lowest BCUT2D eigenvalue weighted by molar-refractivity contribution is -0.127. The van der Waals surface area contributed by atoms with E-state index in [1.54, 1.807) is 0 Å². The van der Waals surface area contributed by atoms with E-state index in [0.717, 1.165) is 0 Å². The van der Waals surface area contributed by atoms with Crippen LogP contribution in [0, 0.1) is 5.92 Å². The molecule has 0 unspecified atom stereocenters. The van der Waals surface area contributed by atoms with E-state index in [1.807, 2.05) is 13.8 Å². The minimum absolute atomic E-state index is 0.00353. The summed E-state index contributed by atoms with van der Waals surface area (Å²) in [5.41, 5.74) is 0. The van der Waals surface area contributed by atoms with E-state index in [2.05, 4.69) is 10.6 Å². The molecule has 4 nitrogen and oxygen atoms in total. The van der Waals surface area contributed by atoms with Crippen LogP contribution in [0.15, 0.2) is 0 Å². The maximum Gasteiger partial charge on any atom is 0.237 e. The zero-order chi connectivity index (χ0) is 9.14. The first kappa shape index (κ1) is 9.48. The number of carbonyl (C=O) groups is 1. The van der Waals surface area contributed by atoms with Crippen molar-refractivity contribution in [2.24, 2.45) is 5.92 Å². The summed E-state index contributed by atoms with van der Waals surface area (Å²) in [6.07, 6.45) is 0. The Morgan fingerprint density at radius 1 is 1.67 bits per heavy atom. The second-order valence-electron chi connectivity index (χ2n) is 3.52. The number of hydrogen-bond acceptors (Lipinski definition) is 3. The van der Waals surface area contributed by atoms with Crippen LogP contribution in [-0.4, -0.2) is 36.2 Å². The number of hydrogen-bond donors (Lipinski definition) is 3. The Hall–Kier alpha value is -0.610. The zero-order valence-electron chi connectivity index (χ0n) is 7.50. The highest BCUT2D eigenvalue weighted by Crippen LogP contribution is 2.05. The summed E-state index contributed by atoms with van der Waals surface area (Å²) in [5, 5.41) is 14.6. The Labute approximate surface area is 72.3 Å². The van der Waals surface area contributed by atoms with Gasteiger partial charge in [-0.05, 0) is 5.92 Å². The first-order valence-electron chi connectivity index (χ1n) is 4.29. The molecule has 1 fully saturated rings. The number of aliphatic hydroxyl groups is 1. The van der Waals surface area contributed by atoms with Crippen molar-refractivity contribution < 1.29 is 9.90 Å². The standard InChI is InChI=1S/C8H16N2O2/c1-5(2)7-8(12)10-6(4-11)3-9-7/h5-7,9,11H,3-4H2,1-2H3,(H,10,12)/t6-,7+/m1/s1. The first-order valence-corrected chi connectivity index (χ1v) is 4.29. The van der Waals surface area contributed by atoms with E-state index in [-0.39, 0.29) is 24.6 Å². The average molecular weight is 172 g/mol. The largest absolute Gasteiger partial charge is 0.394 e. The van der Waals surface area contributed by atoms with Gasteiger partial charge in [-0.15, -0.1) is 0 Å². The van der Waals surface area contributed by atoms with Crippen molar-refractivity contribution in [3.63, 3.8) is 0 Å². The Bertz CT molecular complexity index is 170. The molecule has 0 radical (unpaired) electrons. The zero-order valence-corrected chi connectivity index (χ0v) is 7.50. The van der Waals surface area contributed by atoms with Gasteiger partial charge in [0.05, 0.1) is 18.7 Å². The second-order valence-corrected chi connectivity index (χ2v) is 3.52. The van der Waals surface area contributed by atoms with Gasteiger partial charge in [0.25, 0.3) is 0 Å². The van der Waals surface area contributed by atoms with Crippen LogP contribution in [0.25, 0.3) is 0 Å². The molecule has 1 aliphatic rings. The second kappa shape index (κ2) is 3.87. The fourth-order valence-corrected chi connectivity index (χ4v) is 1.35. The van der Waals surface area contributed by atoms with E-state index in [4.69, 9.17) is 5.11 Å². The molecule has 12 heavy (non-hydrogen) atoms. The molecule has 0 spiro atoms. The van der Waals surface area contributed by atoms with Crippen LogP contribution >= 0.6 is 0 Å². The van der Waals surface area contributed by atoms with Crippen LogP contribution in [0.2, 0.25) is 0 Å². The smallest absolute Gasteiger partial charge is 0.237 e. The van der Waals surface area contributed by atoms with Crippen molar-refractivity contribution in [1.82, 2.24) is 10.6 Å². The Kier molecular flexibility index (Phi) is 3.05. The van der Waals surface area contributed by atoms with Gasteiger partial charge in [0.2, 0.25) is 5.91 Å². The molecular formula is C8H16N2O2. The molecule has 0 aromatic rings. The minimum Gasteiger partial charge on any atom is -0.394 e. The third-order valence-electron chi connectivity index (χ3n) is 2.10. The van der Waals surface area contributed by atoms with Gasteiger partial charge in [-0.25, -0.2) is 0 Å². The molecule has 3 N–H and O–H groups in total. The average Bonchev–Trinajstić information content (AvgIpc) is 2.03. The summed E-state index contributed by atoms with van der Waals surface area (Å²) >= 11 is 0. The van der Waals surface area contributed by atoms with Crippen molar-refractivity contribution >= 4 is 5.91 Å². The Balaban J connectivity index is 2.48. The van der Waals surface area contributed by atoms with Crippen molar-refractivity contribution in [3.8, 4) is 0 Å². The molecule has 1 heterocycles. The highest BCUT2D eigenvalue weighted by atomic mass is 16.3. The van der Waals surface area contributed by atoms with Crippen LogP contribution in [0.4, 0.5) is 0 Å². The number of rotatable bonds is 2. The van der Waals surface area contributed by atoms with Crippen molar-refractivity contribution in [2.75, 3.05) is 13.2 Å². The van der Waals surface area contributed by atoms with Gasteiger partial charge >= 0.3 is 0 Å². The van der Waals surface area contributed by atoms with Crippen LogP contribution in [0.3, 0.4) is 0 Å². The van der Waals surface area contributed by atoms with Gasteiger partial charge in [0.15, 0.2) is 0 Å². The molecule has 0 aromatic carbocycles. The molecule has 1 saturated heterocycles. The summed E-state index contributed by atoms with van der Waals surface area (Å²) in [6.45, 7) is 4.65. The molecule has 1 amide bonds. The van der Waals surface area contributed by atoms with E-state index in [1.165, 1.54) is 0 Å². The van der Waals surface area contributed by atoms with Crippen LogP contribution < -0.4 is 10.6 Å². The van der Waals surface area contributed by atoms with E-state index in [9.17, 15) is 4.79 Å². The quantitative estimate of drug-likeness (QED) is 0.505. The van der Waals surface area contributed by atoms with Gasteiger partial charge in [-0.2, -0.15) is 0 Å². The highest BCUT2D eigenvalue weighted by Gasteiger charge is 2.28. The predicted molar refractivity (Wildman–Crippen MR) is 45.6 cm³/mol. The van der Waals surface area contributed by atoms with Crippen LogP contribution in [-0.2, 0) is 4.79 Å². The molecular weight excluding hydrogens is 156 g/mol. The maximum absolute atomic E-state index is 11.3. The number of nitrogens with one attached hydrogen (secondary N) is 2. The van der Waals surface area contributed by atoms with Gasteiger partial charge in [-0.3, -0.25) is 4.79 Å². The molecule has 0 saturated carbocycles. The molecule has 70 valence electrons. The molecule has 0 bridgehead atoms. The topological polar surface area (TPSA) is 61.4 Å². The highest BCUT2D eigenvalue weighted by molar-refractivity contribution is 5.83. The van der Waals surface area contributed by atoms with Crippen molar-refractivity contribution in [1.29, 1.82) is 0 Å². The van der Waals surface area contributed by atoms with E-state index < -0.39 is 0 Å². The molecule has 1 aliphatic heterocycles. The maximum atomic E-state index is 11.3. The summed E-state index contributed by atoms with van der Waals surface area (Å²) in [5.74, 6) is 0.292. The lowest BCUT2D eigenvalue weighted by atomic mass is 10.0. The predicted octanol–water partition coefficient (Wildman–Crippen LogP) is -0.909. The number of amides is 1. The normalized spacial score (nSPS) is 30.5. The number of aliphatic hydroxyl groups excluding tert-OH is 1. The van der Waals surface area contributed by atoms with Gasteiger partial charge in [-0.1, -0.05) is 13.8 Å². The number of carbonyl (C=O) groups excluding carboxylic acids is 1. The summed E-state index contributed by atoms with van der Waals surface area (Å²) in [4.78, 5) is 11.3. The third-order valence-corrected chi connectivity index (χ3v) is 2.10.